The van der Waals surface area contributed by atoms with Crippen LogP contribution in [0.1, 0.15) is 5.69 Å². The fourth-order valence-corrected chi connectivity index (χ4v) is 1.98. The quantitative estimate of drug-likeness (QED) is 0.671. The van der Waals surface area contributed by atoms with Crippen molar-refractivity contribution >= 4 is 16.8 Å². The van der Waals surface area contributed by atoms with E-state index in [0.717, 1.165) is 17.0 Å². The first-order chi connectivity index (χ1) is 7.70. The molecule has 1 aromatic carbocycles. The third-order valence-electron chi connectivity index (χ3n) is 2.85. The van der Waals surface area contributed by atoms with E-state index in [0.29, 0.717) is 12.1 Å². The first kappa shape index (κ1) is 9.35. The second-order valence-corrected chi connectivity index (χ2v) is 3.80. The Morgan fingerprint density at radius 3 is 3.00 bits per heavy atom. The summed E-state index contributed by atoms with van der Waals surface area (Å²) in [6.07, 6.45) is 1.93. The SMILES string of the molecule is Cn1c(CN)cn2c3ccc(F)cc3nc12. The lowest BCUT2D eigenvalue weighted by atomic mass is 10.3. The van der Waals surface area contributed by atoms with E-state index in [1.54, 1.807) is 6.07 Å². The lowest BCUT2D eigenvalue weighted by Gasteiger charge is -1.95. The summed E-state index contributed by atoms with van der Waals surface area (Å²) in [5.74, 6) is 0.510. The molecule has 0 spiro atoms. The average molecular weight is 218 g/mol. The van der Waals surface area contributed by atoms with Crippen LogP contribution in [0, 0.1) is 5.82 Å². The number of hydrogen-bond donors (Lipinski definition) is 1. The van der Waals surface area contributed by atoms with Crippen molar-refractivity contribution in [2.24, 2.45) is 12.8 Å². The van der Waals surface area contributed by atoms with Crippen LogP contribution in [0.25, 0.3) is 16.8 Å². The Labute approximate surface area is 91.1 Å². The number of aromatic nitrogens is 3. The van der Waals surface area contributed by atoms with Gasteiger partial charge in [0, 0.05) is 25.9 Å². The Hall–Kier alpha value is -1.88. The highest BCUT2D eigenvalue weighted by atomic mass is 19.1. The second-order valence-electron chi connectivity index (χ2n) is 3.80. The molecule has 3 aromatic rings. The van der Waals surface area contributed by atoms with Gasteiger partial charge >= 0.3 is 0 Å². The zero-order chi connectivity index (χ0) is 11.3. The number of hydrogen-bond acceptors (Lipinski definition) is 2. The summed E-state index contributed by atoms with van der Waals surface area (Å²) in [5.41, 5.74) is 8.17. The molecule has 0 aliphatic carbocycles. The Bertz CT molecular complexity index is 680. The number of nitrogens with zero attached hydrogens (tertiary/aromatic N) is 3. The minimum atomic E-state index is -0.269. The molecule has 82 valence electrons. The Kier molecular flexibility index (Phi) is 1.79. The van der Waals surface area contributed by atoms with Crippen molar-refractivity contribution in [3.63, 3.8) is 0 Å². The maximum atomic E-state index is 13.0. The predicted molar refractivity (Wildman–Crippen MR) is 59.5 cm³/mol. The largest absolute Gasteiger partial charge is 0.325 e. The Morgan fingerprint density at radius 2 is 2.25 bits per heavy atom. The van der Waals surface area contributed by atoms with Crippen LogP contribution in [-0.4, -0.2) is 14.0 Å². The van der Waals surface area contributed by atoms with Gasteiger partial charge in [-0.15, -0.1) is 0 Å². The van der Waals surface area contributed by atoms with Crippen LogP contribution in [0.15, 0.2) is 24.4 Å². The maximum absolute atomic E-state index is 13.0. The van der Waals surface area contributed by atoms with Gasteiger partial charge in [0.05, 0.1) is 16.7 Å². The molecule has 5 heteroatoms. The van der Waals surface area contributed by atoms with Gasteiger partial charge in [-0.1, -0.05) is 0 Å². The van der Waals surface area contributed by atoms with Gasteiger partial charge in [-0.2, -0.15) is 0 Å². The summed E-state index contributed by atoms with van der Waals surface area (Å²) in [7, 11) is 1.90. The summed E-state index contributed by atoms with van der Waals surface area (Å²) in [4.78, 5) is 4.37. The van der Waals surface area contributed by atoms with E-state index in [-0.39, 0.29) is 5.82 Å². The molecule has 0 saturated carbocycles. The van der Waals surface area contributed by atoms with Crippen LogP contribution in [0.3, 0.4) is 0 Å². The van der Waals surface area contributed by atoms with E-state index < -0.39 is 0 Å². The van der Waals surface area contributed by atoms with Crippen molar-refractivity contribution in [2.75, 3.05) is 0 Å². The molecule has 0 bridgehead atoms. The van der Waals surface area contributed by atoms with Crippen LogP contribution in [-0.2, 0) is 13.6 Å². The fourth-order valence-electron chi connectivity index (χ4n) is 1.98. The highest BCUT2D eigenvalue weighted by Crippen LogP contribution is 2.19. The van der Waals surface area contributed by atoms with Crippen LogP contribution in [0.5, 0.6) is 0 Å². The number of imidazole rings is 2. The third-order valence-corrected chi connectivity index (χ3v) is 2.85. The lowest BCUT2D eigenvalue weighted by Crippen LogP contribution is -2.02. The highest BCUT2D eigenvalue weighted by molar-refractivity contribution is 5.79. The summed E-state index contributed by atoms with van der Waals surface area (Å²) < 4.78 is 16.9. The normalized spacial score (nSPS) is 11.7. The third kappa shape index (κ3) is 1.09. The number of rotatable bonds is 1. The fraction of sp³-hybridized carbons (Fsp3) is 0.182. The molecule has 0 aliphatic rings. The zero-order valence-electron chi connectivity index (χ0n) is 8.81. The molecule has 2 aromatic heterocycles. The first-order valence-corrected chi connectivity index (χ1v) is 5.02. The Morgan fingerprint density at radius 1 is 1.44 bits per heavy atom. The number of halogens is 1. The average Bonchev–Trinajstić information content (AvgIpc) is 2.75. The summed E-state index contributed by atoms with van der Waals surface area (Å²) in [6.45, 7) is 0.461. The number of fused-ring (bicyclic) bond motifs is 3. The van der Waals surface area contributed by atoms with Crippen molar-refractivity contribution < 1.29 is 4.39 Å². The topological polar surface area (TPSA) is 48.2 Å². The summed E-state index contributed by atoms with van der Waals surface area (Å²) in [5, 5.41) is 0. The molecule has 0 saturated heterocycles. The smallest absolute Gasteiger partial charge is 0.214 e. The van der Waals surface area contributed by atoms with Gasteiger partial charge < -0.3 is 10.3 Å². The first-order valence-electron chi connectivity index (χ1n) is 5.02. The van der Waals surface area contributed by atoms with Gasteiger partial charge in [0.2, 0.25) is 5.78 Å². The van der Waals surface area contributed by atoms with E-state index in [1.807, 2.05) is 22.2 Å². The van der Waals surface area contributed by atoms with E-state index in [4.69, 9.17) is 5.73 Å². The van der Waals surface area contributed by atoms with E-state index in [2.05, 4.69) is 4.98 Å². The van der Waals surface area contributed by atoms with Gasteiger partial charge in [-0.25, -0.2) is 9.37 Å². The van der Waals surface area contributed by atoms with Gasteiger partial charge in [-0.05, 0) is 12.1 Å². The molecule has 16 heavy (non-hydrogen) atoms. The van der Waals surface area contributed by atoms with Crippen molar-refractivity contribution in [1.29, 1.82) is 0 Å². The monoisotopic (exact) mass is 218 g/mol. The molecule has 0 unspecified atom stereocenters. The maximum Gasteiger partial charge on any atom is 0.214 e. The molecule has 0 atom stereocenters. The minimum absolute atomic E-state index is 0.269. The molecule has 0 amide bonds. The van der Waals surface area contributed by atoms with Gasteiger partial charge in [0.25, 0.3) is 0 Å². The standard InChI is InChI=1S/C11H11FN4/c1-15-8(5-13)6-16-10-3-2-7(12)4-9(10)14-11(15)16/h2-4,6H,5,13H2,1H3. The molecule has 0 radical (unpaired) electrons. The van der Waals surface area contributed by atoms with Crippen molar-refractivity contribution in [3.8, 4) is 0 Å². The molecular formula is C11H11FN4. The van der Waals surface area contributed by atoms with E-state index in [9.17, 15) is 4.39 Å². The van der Waals surface area contributed by atoms with Crippen molar-refractivity contribution in [2.45, 2.75) is 6.54 Å². The minimum Gasteiger partial charge on any atom is -0.325 e. The molecule has 3 rings (SSSR count). The Balaban J connectivity index is 2.45. The van der Waals surface area contributed by atoms with Gasteiger partial charge in [0.15, 0.2) is 0 Å². The molecule has 2 heterocycles. The summed E-state index contributed by atoms with van der Waals surface area (Å²) in [6, 6.07) is 4.60. The van der Waals surface area contributed by atoms with Crippen molar-refractivity contribution in [3.05, 3.63) is 35.9 Å². The number of aryl methyl sites for hydroxylation is 1. The number of nitrogens with two attached hydrogens (primary N) is 1. The lowest BCUT2D eigenvalue weighted by molar-refractivity contribution is 0.629. The zero-order valence-corrected chi connectivity index (χ0v) is 8.81. The van der Waals surface area contributed by atoms with Crippen LogP contribution in [0.2, 0.25) is 0 Å². The summed E-state index contributed by atoms with van der Waals surface area (Å²) >= 11 is 0. The molecule has 4 nitrogen and oxygen atoms in total. The van der Waals surface area contributed by atoms with E-state index in [1.165, 1.54) is 12.1 Å². The van der Waals surface area contributed by atoms with Crippen molar-refractivity contribution in [1.82, 2.24) is 14.0 Å². The van der Waals surface area contributed by atoms with Crippen LogP contribution < -0.4 is 5.73 Å². The van der Waals surface area contributed by atoms with Crippen LogP contribution >= 0.6 is 0 Å². The molecular weight excluding hydrogens is 207 g/mol. The second kappa shape index (κ2) is 3.05. The van der Waals surface area contributed by atoms with Crippen LogP contribution in [0.4, 0.5) is 4.39 Å². The van der Waals surface area contributed by atoms with Gasteiger partial charge in [-0.3, -0.25) is 4.40 Å². The molecule has 0 aliphatic heterocycles. The molecule has 2 N–H and O–H groups in total. The number of benzene rings is 1. The molecule has 0 fully saturated rings. The highest BCUT2D eigenvalue weighted by Gasteiger charge is 2.10. The van der Waals surface area contributed by atoms with Gasteiger partial charge in [0.1, 0.15) is 5.82 Å². The predicted octanol–water partition coefficient (Wildman–Crippen LogP) is 1.42. The van der Waals surface area contributed by atoms with E-state index >= 15 is 0 Å².